The number of ether oxygens (including phenoxy) is 2. The van der Waals surface area contributed by atoms with Crippen molar-refractivity contribution in [2.24, 2.45) is 0 Å². The van der Waals surface area contributed by atoms with E-state index in [0.29, 0.717) is 0 Å². The van der Waals surface area contributed by atoms with Gasteiger partial charge in [0, 0.05) is 13.2 Å². The first kappa shape index (κ1) is 14.7. The average Bonchev–Trinajstić information content (AvgIpc) is 1.82. The van der Waals surface area contributed by atoms with Crippen LogP contribution in [0.3, 0.4) is 0 Å². The Kier molecular flexibility index (Phi) is 14.4. The molecule has 0 aromatic carbocycles. The molecule has 0 saturated carbocycles. The molecule has 0 unspecified atom stereocenters. The molecular formula is C6H12I3O2V. The van der Waals surface area contributed by atoms with Crippen LogP contribution in [0.1, 0.15) is 12.8 Å². The number of rotatable bonds is 0. The van der Waals surface area contributed by atoms with E-state index in [1.165, 1.54) is 0 Å². The van der Waals surface area contributed by atoms with Crippen LogP contribution in [0.2, 0.25) is 0 Å². The Bertz CT molecular complexity index is 68.1. The Balaban J connectivity index is 0.000000261. The molecule has 0 radical (unpaired) electrons. The second-order valence-corrected chi connectivity index (χ2v) is 37.5. The average molecular weight is 548 g/mol. The van der Waals surface area contributed by atoms with Gasteiger partial charge in [0.25, 0.3) is 0 Å². The summed E-state index contributed by atoms with van der Waals surface area (Å²) in [7, 11) is 0. The van der Waals surface area contributed by atoms with Crippen LogP contribution in [-0.4, -0.2) is 26.4 Å². The summed E-state index contributed by atoms with van der Waals surface area (Å²) in [6.07, 6.45) is 2.31. The van der Waals surface area contributed by atoms with Crippen molar-refractivity contribution in [3.63, 3.8) is 0 Å². The second kappa shape index (κ2) is 11.8. The summed E-state index contributed by atoms with van der Waals surface area (Å²) in [4.78, 5) is -0.278. The second-order valence-electron chi connectivity index (χ2n) is 2.12. The third kappa shape index (κ3) is 15.2. The normalized spacial score (nSPS) is 19.0. The molecule has 0 aromatic heterocycles. The number of hydrogen-bond acceptors (Lipinski definition) is 2. The molecule has 1 aliphatic rings. The fourth-order valence-corrected chi connectivity index (χ4v) is 0.730. The van der Waals surface area contributed by atoms with Crippen molar-refractivity contribution >= 4 is 59.9 Å². The first-order valence-electron chi connectivity index (χ1n) is 3.66. The molecule has 1 rings (SSSR count). The molecule has 0 aliphatic carbocycles. The molecule has 1 saturated heterocycles. The maximum absolute atomic E-state index is 5.15. The van der Waals surface area contributed by atoms with Gasteiger partial charge in [0.05, 0.1) is 13.2 Å². The summed E-state index contributed by atoms with van der Waals surface area (Å²) >= 11 is 7.39. The minimum atomic E-state index is -0.278. The maximum atomic E-state index is 5.15. The van der Waals surface area contributed by atoms with E-state index in [4.69, 9.17) is 9.47 Å². The van der Waals surface area contributed by atoms with E-state index in [1.54, 1.807) is 0 Å². The van der Waals surface area contributed by atoms with Crippen LogP contribution in [0.25, 0.3) is 0 Å². The van der Waals surface area contributed by atoms with E-state index < -0.39 is 0 Å². The molecule has 1 heterocycles. The number of halogens is 3. The predicted octanol–water partition coefficient (Wildman–Crippen LogP) is 3.47. The molecule has 0 spiro atoms. The van der Waals surface area contributed by atoms with Crippen LogP contribution in [0.5, 0.6) is 0 Å². The van der Waals surface area contributed by atoms with Gasteiger partial charge in [-0.3, -0.25) is 0 Å². The van der Waals surface area contributed by atoms with Crippen LogP contribution in [-0.2, 0) is 14.4 Å². The molecule has 0 atom stereocenters. The van der Waals surface area contributed by atoms with Gasteiger partial charge in [-0.1, -0.05) is 0 Å². The summed E-state index contributed by atoms with van der Waals surface area (Å²) in [6.45, 7) is 3.40. The van der Waals surface area contributed by atoms with Crippen LogP contribution < -0.4 is 0 Å². The first-order chi connectivity index (χ1) is 5.73. The quantitative estimate of drug-likeness (QED) is 0.433. The van der Waals surface area contributed by atoms with Gasteiger partial charge < -0.3 is 9.47 Å². The molecule has 74 valence electrons. The summed E-state index contributed by atoms with van der Waals surface area (Å²) < 4.78 is 10.3. The molecule has 0 N–H and O–H groups in total. The van der Waals surface area contributed by atoms with Crippen molar-refractivity contribution in [3.05, 3.63) is 0 Å². The van der Waals surface area contributed by atoms with E-state index in [0.717, 1.165) is 39.3 Å². The van der Waals surface area contributed by atoms with Gasteiger partial charge in [-0.2, -0.15) is 0 Å². The van der Waals surface area contributed by atoms with Gasteiger partial charge >= 0.3 is 64.9 Å². The zero-order valence-corrected chi connectivity index (χ0v) is 14.5. The zero-order chi connectivity index (χ0) is 9.23. The topological polar surface area (TPSA) is 18.5 Å². The van der Waals surface area contributed by atoms with E-state index in [-0.39, 0.29) is 4.92 Å². The molecular weight excluding hydrogens is 536 g/mol. The van der Waals surface area contributed by atoms with Crippen LogP contribution in [0.15, 0.2) is 0 Å². The number of hydrogen-bond donors (Lipinski definition) is 0. The molecule has 0 bridgehead atoms. The molecule has 6 heteroatoms. The van der Waals surface area contributed by atoms with Gasteiger partial charge in [0.1, 0.15) is 0 Å². The van der Waals surface area contributed by atoms with E-state index >= 15 is 0 Å². The third-order valence-corrected chi connectivity index (χ3v) is 1.20. The van der Waals surface area contributed by atoms with Crippen molar-refractivity contribution in [2.45, 2.75) is 12.8 Å². The molecule has 0 aromatic rings. The first-order valence-corrected chi connectivity index (χ1v) is 17.2. The van der Waals surface area contributed by atoms with Crippen molar-refractivity contribution in [1.29, 1.82) is 0 Å². The predicted molar refractivity (Wildman–Crippen MR) is 72.9 cm³/mol. The third-order valence-electron chi connectivity index (χ3n) is 1.20. The van der Waals surface area contributed by atoms with Crippen molar-refractivity contribution in [2.75, 3.05) is 26.4 Å². The Morgan fingerprint density at radius 3 is 1.42 bits per heavy atom. The monoisotopic (exact) mass is 548 g/mol. The summed E-state index contributed by atoms with van der Waals surface area (Å²) in [5, 5.41) is 0. The molecule has 1 fully saturated rings. The SMILES string of the molecule is C1CCOCCOC1.[I][V]([I])[I]. The summed E-state index contributed by atoms with van der Waals surface area (Å²) in [5.41, 5.74) is 0. The van der Waals surface area contributed by atoms with Gasteiger partial charge in [0.2, 0.25) is 0 Å². The Hall–Kier alpha value is 2.69. The zero-order valence-electron chi connectivity index (χ0n) is 6.64. The van der Waals surface area contributed by atoms with Gasteiger partial charge in [-0.05, 0) is 12.8 Å². The summed E-state index contributed by atoms with van der Waals surface area (Å²) in [5.74, 6) is 0. The van der Waals surface area contributed by atoms with E-state index in [9.17, 15) is 0 Å². The van der Waals surface area contributed by atoms with Crippen molar-refractivity contribution in [1.82, 2.24) is 0 Å². The van der Waals surface area contributed by atoms with Crippen LogP contribution in [0.4, 0.5) is 0 Å². The molecule has 1 aliphatic heterocycles. The Morgan fingerprint density at radius 2 is 1.08 bits per heavy atom. The Morgan fingerprint density at radius 1 is 0.750 bits per heavy atom. The van der Waals surface area contributed by atoms with Crippen LogP contribution >= 0.6 is 59.9 Å². The summed E-state index contributed by atoms with van der Waals surface area (Å²) in [6, 6.07) is 0. The van der Waals surface area contributed by atoms with Crippen LogP contribution in [0, 0.1) is 0 Å². The van der Waals surface area contributed by atoms with Gasteiger partial charge in [-0.15, -0.1) is 0 Å². The molecule has 2 nitrogen and oxygen atoms in total. The van der Waals surface area contributed by atoms with Gasteiger partial charge in [-0.25, -0.2) is 0 Å². The van der Waals surface area contributed by atoms with Gasteiger partial charge in [0.15, 0.2) is 0 Å². The molecule has 12 heavy (non-hydrogen) atoms. The minimum absolute atomic E-state index is 0.278. The molecule has 0 amide bonds. The Labute approximate surface area is 112 Å². The van der Waals surface area contributed by atoms with Crippen molar-refractivity contribution < 1.29 is 14.4 Å². The standard InChI is InChI=1S/C6H12O2.3HI.V/c1-2-4-8-6-5-7-3-1;;;;/h1-6H2;3*1H;/q;;;;+3/p-3. The van der Waals surface area contributed by atoms with Crippen molar-refractivity contribution in [3.8, 4) is 0 Å². The van der Waals surface area contributed by atoms with E-state index in [1.807, 2.05) is 0 Å². The fourth-order valence-electron chi connectivity index (χ4n) is 0.730. The fraction of sp³-hybridized carbons (Fsp3) is 1.00. The van der Waals surface area contributed by atoms with E-state index in [2.05, 4.69) is 59.9 Å².